The van der Waals surface area contributed by atoms with E-state index in [1.807, 2.05) is 20.8 Å². The van der Waals surface area contributed by atoms with Crippen LogP contribution in [0.25, 0.3) is 11.0 Å². The van der Waals surface area contributed by atoms with E-state index in [9.17, 15) is 18.0 Å². The summed E-state index contributed by atoms with van der Waals surface area (Å²) in [5, 5.41) is 0.786. The van der Waals surface area contributed by atoms with Crippen LogP contribution in [0.2, 0.25) is 0 Å². The van der Waals surface area contributed by atoms with Gasteiger partial charge in [0, 0.05) is 23.6 Å². The molecule has 0 fully saturated rings. The quantitative estimate of drug-likeness (QED) is 0.324. The van der Waals surface area contributed by atoms with Gasteiger partial charge < -0.3 is 9.15 Å². The molecule has 1 N–H and O–H groups in total. The second-order valence-electron chi connectivity index (χ2n) is 7.34. The Morgan fingerprint density at radius 3 is 2.48 bits per heavy atom. The molecule has 0 atom stereocenters. The Hall–Kier alpha value is -2.97. The van der Waals surface area contributed by atoms with Crippen LogP contribution < -0.4 is 15.1 Å². The molecule has 0 aliphatic heterocycles. The lowest BCUT2D eigenvalue weighted by molar-refractivity contribution is -0.134. The molecule has 8 heteroatoms. The van der Waals surface area contributed by atoms with Gasteiger partial charge in [-0.05, 0) is 50.1 Å². The summed E-state index contributed by atoms with van der Waals surface area (Å²) in [6.45, 7) is 5.63. The van der Waals surface area contributed by atoms with Crippen molar-refractivity contribution < 1.29 is 22.4 Å². The van der Waals surface area contributed by atoms with Crippen molar-refractivity contribution in [2.75, 3.05) is 6.54 Å². The molecule has 0 spiro atoms. The molecule has 0 saturated carbocycles. The second-order valence-corrected chi connectivity index (χ2v) is 9.10. The summed E-state index contributed by atoms with van der Waals surface area (Å²) in [6, 6.07) is 11.3. The number of fused-ring (bicyclic) bond motifs is 1. The molecule has 3 rings (SSSR count). The third-order valence-corrected chi connectivity index (χ3v) is 6.42. The molecule has 0 aliphatic rings. The molecule has 0 aliphatic carbocycles. The fraction of sp³-hybridized carbons (Fsp3) is 0.304. The number of benzene rings is 2. The van der Waals surface area contributed by atoms with Gasteiger partial charge in [0.25, 0.3) is 0 Å². The number of rotatable bonds is 8. The first-order valence-electron chi connectivity index (χ1n) is 10.0. The minimum atomic E-state index is -3.70. The normalized spacial score (nSPS) is 11.6. The first-order chi connectivity index (χ1) is 14.7. The molecule has 0 saturated heterocycles. The van der Waals surface area contributed by atoms with Gasteiger partial charge >= 0.3 is 11.6 Å². The van der Waals surface area contributed by atoms with Gasteiger partial charge in [-0.15, -0.1) is 0 Å². The van der Waals surface area contributed by atoms with Gasteiger partial charge in [-0.25, -0.2) is 17.9 Å². The van der Waals surface area contributed by atoms with Crippen molar-refractivity contribution in [2.24, 2.45) is 0 Å². The van der Waals surface area contributed by atoms with Crippen molar-refractivity contribution in [1.29, 1.82) is 0 Å². The molecule has 0 amide bonds. The average Bonchev–Trinajstić information content (AvgIpc) is 2.71. The fourth-order valence-corrected chi connectivity index (χ4v) is 4.28. The van der Waals surface area contributed by atoms with E-state index < -0.39 is 16.0 Å². The van der Waals surface area contributed by atoms with E-state index in [1.165, 1.54) is 18.2 Å². The monoisotopic (exact) mass is 443 g/mol. The SMILES string of the molecule is CCCc1c(C)c2ccc(OC(=O)CCNS(=O)(=O)c3ccc(C)cc3)cc2oc1=O. The number of carbonyl (C=O) groups excluding carboxylic acids is 1. The zero-order chi connectivity index (χ0) is 22.6. The Morgan fingerprint density at radius 2 is 1.81 bits per heavy atom. The molecule has 164 valence electrons. The predicted octanol–water partition coefficient (Wildman–Crippen LogP) is 3.64. The zero-order valence-electron chi connectivity index (χ0n) is 17.7. The minimum Gasteiger partial charge on any atom is -0.426 e. The first-order valence-corrected chi connectivity index (χ1v) is 11.5. The summed E-state index contributed by atoms with van der Waals surface area (Å²) in [6.07, 6.45) is 1.32. The van der Waals surface area contributed by atoms with Gasteiger partial charge in [0.15, 0.2) is 0 Å². The highest BCUT2D eigenvalue weighted by Gasteiger charge is 2.15. The summed E-state index contributed by atoms with van der Waals surface area (Å²) in [4.78, 5) is 24.5. The lowest BCUT2D eigenvalue weighted by Crippen LogP contribution is -2.27. The maximum Gasteiger partial charge on any atom is 0.339 e. The Kier molecular flexibility index (Phi) is 6.92. The van der Waals surface area contributed by atoms with Gasteiger partial charge in [0.1, 0.15) is 11.3 Å². The standard InChI is InChI=1S/C23H25NO6S/c1-4-5-20-16(3)19-11-8-17(14-21(19)30-23(20)26)29-22(25)12-13-24-31(27,28)18-9-6-15(2)7-10-18/h6-11,14,24H,4-5,12-13H2,1-3H3. The Morgan fingerprint density at radius 1 is 1.10 bits per heavy atom. The number of ether oxygens (including phenoxy) is 1. The van der Waals surface area contributed by atoms with Crippen LogP contribution in [0.4, 0.5) is 0 Å². The lowest BCUT2D eigenvalue weighted by Gasteiger charge is -2.09. The maximum absolute atomic E-state index is 12.3. The maximum atomic E-state index is 12.3. The number of esters is 1. The molecule has 0 unspecified atom stereocenters. The van der Waals surface area contributed by atoms with Crippen molar-refractivity contribution in [3.05, 3.63) is 69.6 Å². The van der Waals surface area contributed by atoms with Crippen molar-refractivity contribution in [3.63, 3.8) is 0 Å². The number of sulfonamides is 1. The molecular formula is C23H25NO6S. The molecule has 3 aromatic rings. The summed E-state index contributed by atoms with van der Waals surface area (Å²) in [5.41, 5.74) is 2.41. The highest BCUT2D eigenvalue weighted by atomic mass is 32.2. The molecule has 31 heavy (non-hydrogen) atoms. The van der Waals surface area contributed by atoms with Crippen LogP contribution in [0.1, 0.15) is 36.5 Å². The van der Waals surface area contributed by atoms with Gasteiger partial charge in [-0.1, -0.05) is 31.0 Å². The van der Waals surface area contributed by atoms with Crippen LogP contribution in [-0.2, 0) is 21.2 Å². The number of carbonyl (C=O) groups is 1. The summed E-state index contributed by atoms with van der Waals surface area (Å²) in [5.74, 6) is -0.377. The molecule has 7 nitrogen and oxygen atoms in total. The van der Waals surface area contributed by atoms with Crippen molar-refractivity contribution in [1.82, 2.24) is 4.72 Å². The van der Waals surface area contributed by atoms with Crippen molar-refractivity contribution in [3.8, 4) is 5.75 Å². The van der Waals surface area contributed by atoms with Crippen LogP contribution in [0.3, 0.4) is 0 Å². The third-order valence-electron chi connectivity index (χ3n) is 4.94. The fourth-order valence-electron chi connectivity index (χ4n) is 3.25. The Balaban J connectivity index is 1.64. The largest absolute Gasteiger partial charge is 0.426 e. The molecule has 0 radical (unpaired) electrons. The Labute approximate surface area is 181 Å². The minimum absolute atomic E-state index is 0.100. The highest BCUT2D eigenvalue weighted by molar-refractivity contribution is 7.89. The van der Waals surface area contributed by atoms with Gasteiger partial charge in [0.2, 0.25) is 10.0 Å². The molecule has 0 bridgehead atoms. The second kappa shape index (κ2) is 9.45. The van der Waals surface area contributed by atoms with Gasteiger partial charge in [0.05, 0.1) is 11.3 Å². The lowest BCUT2D eigenvalue weighted by atomic mass is 10.0. The van der Waals surface area contributed by atoms with Crippen LogP contribution in [0.15, 0.2) is 56.6 Å². The number of aryl methyl sites for hydroxylation is 2. The van der Waals surface area contributed by atoms with Crippen molar-refractivity contribution in [2.45, 2.75) is 44.9 Å². The van der Waals surface area contributed by atoms with Crippen molar-refractivity contribution >= 4 is 27.0 Å². The van der Waals surface area contributed by atoms with E-state index in [0.717, 1.165) is 22.9 Å². The summed E-state index contributed by atoms with van der Waals surface area (Å²) in [7, 11) is -3.70. The predicted molar refractivity (Wildman–Crippen MR) is 118 cm³/mol. The average molecular weight is 444 g/mol. The van der Waals surface area contributed by atoms with E-state index in [1.54, 1.807) is 24.3 Å². The smallest absolute Gasteiger partial charge is 0.339 e. The van der Waals surface area contributed by atoms with E-state index in [4.69, 9.17) is 9.15 Å². The summed E-state index contributed by atoms with van der Waals surface area (Å²) < 4.78 is 37.6. The zero-order valence-corrected chi connectivity index (χ0v) is 18.5. The van der Waals surface area contributed by atoms with E-state index in [2.05, 4.69) is 4.72 Å². The molecular weight excluding hydrogens is 418 g/mol. The topological polar surface area (TPSA) is 103 Å². The number of hydrogen-bond donors (Lipinski definition) is 1. The van der Waals surface area contributed by atoms with E-state index in [0.29, 0.717) is 17.6 Å². The number of hydrogen-bond acceptors (Lipinski definition) is 6. The molecule has 2 aromatic carbocycles. The molecule has 1 aromatic heterocycles. The van der Waals surface area contributed by atoms with Crippen LogP contribution in [0, 0.1) is 13.8 Å². The number of nitrogens with one attached hydrogen (secondary N) is 1. The van der Waals surface area contributed by atoms with E-state index in [-0.39, 0.29) is 29.2 Å². The van der Waals surface area contributed by atoms with Crippen LogP contribution in [-0.4, -0.2) is 20.9 Å². The molecule has 1 heterocycles. The Bertz CT molecular complexity index is 1260. The van der Waals surface area contributed by atoms with Gasteiger partial charge in [-0.2, -0.15) is 0 Å². The van der Waals surface area contributed by atoms with Crippen LogP contribution >= 0.6 is 0 Å². The summed E-state index contributed by atoms with van der Waals surface area (Å²) >= 11 is 0. The van der Waals surface area contributed by atoms with Crippen LogP contribution in [0.5, 0.6) is 5.75 Å². The first kappa shape index (κ1) is 22.7. The van der Waals surface area contributed by atoms with E-state index >= 15 is 0 Å². The highest BCUT2D eigenvalue weighted by Crippen LogP contribution is 2.25. The van der Waals surface area contributed by atoms with Gasteiger partial charge in [-0.3, -0.25) is 4.79 Å². The third kappa shape index (κ3) is 5.39.